The van der Waals surface area contributed by atoms with Crippen molar-refractivity contribution in [3.05, 3.63) is 65.7 Å². The number of rotatable bonds is 4. The molecule has 1 unspecified atom stereocenters. The number of halogens is 2. The van der Waals surface area contributed by atoms with E-state index in [1.54, 1.807) is 33.8 Å². The van der Waals surface area contributed by atoms with E-state index in [2.05, 4.69) is 25.2 Å². The average molecular weight is 521 g/mol. The van der Waals surface area contributed by atoms with Crippen LogP contribution in [0.15, 0.2) is 54.9 Å². The summed E-state index contributed by atoms with van der Waals surface area (Å²) in [6.45, 7) is 2.34. The Hall–Kier alpha value is -4.12. The number of anilines is 2. The van der Waals surface area contributed by atoms with Gasteiger partial charge < -0.3 is 14.7 Å². The van der Waals surface area contributed by atoms with Gasteiger partial charge in [-0.1, -0.05) is 22.9 Å². The summed E-state index contributed by atoms with van der Waals surface area (Å²) in [5.41, 5.74) is 2.41. The fourth-order valence-corrected chi connectivity index (χ4v) is 5.01. The molecule has 188 valence electrons. The van der Waals surface area contributed by atoms with Crippen LogP contribution in [0.2, 0.25) is 5.02 Å². The Morgan fingerprint density at radius 1 is 1.00 bits per heavy atom. The van der Waals surface area contributed by atoms with E-state index in [4.69, 9.17) is 11.6 Å². The van der Waals surface area contributed by atoms with Crippen LogP contribution in [-0.4, -0.2) is 74.4 Å². The maximum absolute atomic E-state index is 13.6. The molecule has 4 aromatic rings. The number of hydrogen-bond donors (Lipinski definition) is 0. The van der Waals surface area contributed by atoms with Gasteiger partial charge in [0.1, 0.15) is 12.1 Å². The Balaban J connectivity index is 1.14. The van der Waals surface area contributed by atoms with E-state index in [0.29, 0.717) is 53.9 Å². The van der Waals surface area contributed by atoms with Gasteiger partial charge >= 0.3 is 0 Å². The zero-order valence-corrected chi connectivity index (χ0v) is 20.4. The molecule has 6 rings (SSSR count). The highest BCUT2D eigenvalue weighted by molar-refractivity contribution is 6.30. The summed E-state index contributed by atoms with van der Waals surface area (Å²) in [6, 6.07) is 13.1. The Morgan fingerprint density at radius 3 is 2.54 bits per heavy atom. The van der Waals surface area contributed by atoms with Crippen LogP contribution in [0.25, 0.3) is 16.9 Å². The molecular weight excluding hydrogens is 499 g/mol. The van der Waals surface area contributed by atoms with Gasteiger partial charge in [0.15, 0.2) is 17.0 Å². The first-order chi connectivity index (χ1) is 18.0. The van der Waals surface area contributed by atoms with Crippen molar-refractivity contribution >= 4 is 46.1 Å². The first-order valence-corrected chi connectivity index (χ1v) is 12.3. The topological polar surface area (TPSA) is 100 Å². The van der Waals surface area contributed by atoms with Gasteiger partial charge in [0, 0.05) is 49.9 Å². The smallest absolute Gasteiger partial charge is 0.228 e. The highest BCUT2D eigenvalue weighted by Gasteiger charge is 2.38. The lowest BCUT2D eigenvalue weighted by Gasteiger charge is -2.36. The highest BCUT2D eigenvalue weighted by atomic mass is 35.5. The maximum atomic E-state index is 13.6. The largest absolute Gasteiger partial charge is 0.351 e. The number of carbonyl (C=O) groups excluding carboxylic acids is 2. The molecule has 37 heavy (non-hydrogen) atoms. The minimum absolute atomic E-state index is 0.0616. The fraction of sp³-hybridized carbons (Fsp3) is 0.280. The van der Waals surface area contributed by atoms with Gasteiger partial charge in [-0.05, 0) is 42.5 Å². The van der Waals surface area contributed by atoms with E-state index in [-0.39, 0.29) is 24.8 Å². The van der Waals surface area contributed by atoms with Gasteiger partial charge in [0.05, 0.1) is 11.6 Å². The molecule has 0 bridgehead atoms. The molecule has 10 nitrogen and oxygen atoms in total. The second kappa shape index (κ2) is 9.40. The van der Waals surface area contributed by atoms with Gasteiger partial charge in [-0.25, -0.2) is 14.4 Å². The summed E-state index contributed by atoms with van der Waals surface area (Å²) in [7, 11) is 0. The molecular formula is C25H22ClFN8O2. The van der Waals surface area contributed by atoms with Crippen molar-refractivity contribution in [2.45, 2.75) is 6.42 Å². The Bertz CT molecular complexity index is 1490. The van der Waals surface area contributed by atoms with E-state index in [1.807, 2.05) is 12.1 Å². The molecule has 0 N–H and O–H groups in total. The Morgan fingerprint density at radius 2 is 1.78 bits per heavy atom. The number of aromatic nitrogens is 5. The van der Waals surface area contributed by atoms with Crippen LogP contribution < -0.4 is 9.80 Å². The molecule has 0 spiro atoms. The normalized spacial score (nSPS) is 18.2. The van der Waals surface area contributed by atoms with E-state index >= 15 is 0 Å². The number of nitrogens with zero attached hydrogens (tertiary/aromatic N) is 8. The maximum Gasteiger partial charge on any atom is 0.228 e. The van der Waals surface area contributed by atoms with Gasteiger partial charge in [0.25, 0.3) is 0 Å². The molecule has 12 heteroatoms. The number of fused-ring (bicyclic) bond motifs is 1. The Kier molecular flexibility index (Phi) is 5.91. The lowest BCUT2D eigenvalue weighted by Crippen LogP contribution is -2.51. The third-order valence-corrected chi connectivity index (χ3v) is 7.03. The standard InChI is InChI=1S/C25H22ClFN8O2/c26-17-4-6-19(7-5-17)35-24-22(30-31-35)23(28-15-29-24)32-8-10-33(11-9-32)25(37)16-12-21(36)34(14-16)20-3-1-2-18(27)13-20/h1-7,13,15-16H,8-12,14H2. The molecule has 0 saturated carbocycles. The van der Waals surface area contributed by atoms with Crippen molar-refractivity contribution in [3.8, 4) is 5.69 Å². The van der Waals surface area contributed by atoms with Crippen LogP contribution in [0.3, 0.4) is 0 Å². The van der Waals surface area contributed by atoms with Gasteiger partial charge in [0.2, 0.25) is 11.8 Å². The van der Waals surface area contributed by atoms with Crippen LogP contribution in [-0.2, 0) is 9.59 Å². The summed E-state index contributed by atoms with van der Waals surface area (Å²) in [4.78, 5) is 39.9. The second-order valence-corrected chi connectivity index (χ2v) is 9.48. The number of amides is 2. The zero-order chi connectivity index (χ0) is 25.5. The van der Waals surface area contributed by atoms with Crippen LogP contribution in [0, 0.1) is 11.7 Å². The summed E-state index contributed by atoms with van der Waals surface area (Å²) in [5, 5.41) is 9.21. The molecule has 2 fully saturated rings. The summed E-state index contributed by atoms with van der Waals surface area (Å²) in [6.07, 6.45) is 1.60. The lowest BCUT2D eigenvalue weighted by atomic mass is 10.1. The van der Waals surface area contributed by atoms with Gasteiger partial charge in [-0.2, -0.15) is 4.68 Å². The van der Waals surface area contributed by atoms with E-state index in [1.165, 1.54) is 23.4 Å². The lowest BCUT2D eigenvalue weighted by molar-refractivity contribution is -0.136. The van der Waals surface area contributed by atoms with Crippen molar-refractivity contribution in [2.75, 3.05) is 42.5 Å². The molecule has 2 amide bonds. The highest BCUT2D eigenvalue weighted by Crippen LogP contribution is 2.28. The van der Waals surface area contributed by atoms with Crippen LogP contribution >= 0.6 is 11.6 Å². The first kappa shape index (κ1) is 23.3. The molecule has 2 aromatic heterocycles. The fourth-order valence-electron chi connectivity index (χ4n) is 4.89. The quantitative estimate of drug-likeness (QED) is 0.408. The van der Waals surface area contributed by atoms with E-state index < -0.39 is 11.7 Å². The Labute approximate surface area is 216 Å². The van der Waals surface area contributed by atoms with Crippen molar-refractivity contribution in [2.24, 2.45) is 5.92 Å². The summed E-state index contributed by atoms with van der Waals surface area (Å²) in [5.74, 6) is -0.440. The van der Waals surface area contributed by atoms with Crippen molar-refractivity contribution in [1.29, 1.82) is 0 Å². The van der Waals surface area contributed by atoms with E-state index in [9.17, 15) is 14.0 Å². The minimum atomic E-state index is -0.452. The monoisotopic (exact) mass is 520 g/mol. The predicted molar refractivity (Wildman–Crippen MR) is 135 cm³/mol. The van der Waals surface area contributed by atoms with Crippen molar-refractivity contribution < 1.29 is 14.0 Å². The second-order valence-electron chi connectivity index (χ2n) is 9.04. The summed E-state index contributed by atoms with van der Waals surface area (Å²) < 4.78 is 15.3. The third-order valence-electron chi connectivity index (χ3n) is 6.77. The number of benzene rings is 2. The first-order valence-electron chi connectivity index (χ1n) is 11.9. The summed E-state index contributed by atoms with van der Waals surface area (Å²) >= 11 is 6.00. The minimum Gasteiger partial charge on any atom is -0.351 e. The SMILES string of the molecule is O=C(C1CC(=O)N(c2cccc(F)c2)C1)N1CCN(c2ncnc3c2nnn3-c2ccc(Cl)cc2)CC1. The molecule has 1 atom stereocenters. The molecule has 2 aromatic carbocycles. The molecule has 2 saturated heterocycles. The zero-order valence-electron chi connectivity index (χ0n) is 19.7. The number of carbonyl (C=O) groups is 2. The van der Waals surface area contributed by atoms with Crippen molar-refractivity contribution in [3.63, 3.8) is 0 Å². The predicted octanol–water partition coefficient (Wildman–Crippen LogP) is 2.70. The molecule has 4 heterocycles. The van der Waals surface area contributed by atoms with Crippen molar-refractivity contribution in [1.82, 2.24) is 29.9 Å². The van der Waals surface area contributed by atoms with E-state index in [0.717, 1.165) is 5.69 Å². The average Bonchev–Trinajstić information content (AvgIpc) is 3.53. The van der Waals surface area contributed by atoms with Crippen LogP contribution in [0.5, 0.6) is 0 Å². The van der Waals surface area contributed by atoms with Gasteiger partial charge in [-0.3, -0.25) is 9.59 Å². The number of piperazine rings is 1. The molecule has 2 aliphatic heterocycles. The van der Waals surface area contributed by atoms with Crippen LogP contribution in [0.1, 0.15) is 6.42 Å². The van der Waals surface area contributed by atoms with Gasteiger partial charge in [-0.15, -0.1) is 5.10 Å². The molecule has 0 radical (unpaired) electrons. The third kappa shape index (κ3) is 4.35. The molecule has 2 aliphatic rings. The number of hydrogen-bond acceptors (Lipinski definition) is 7. The van der Waals surface area contributed by atoms with Crippen LogP contribution in [0.4, 0.5) is 15.9 Å². The molecule has 0 aliphatic carbocycles.